The summed E-state index contributed by atoms with van der Waals surface area (Å²) in [6.45, 7) is -0.123. The van der Waals surface area contributed by atoms with Crippen molar-refractivity contribution in [2.75, 3.05) is 18.6 Å². The number of halogens is 4. The second kappa shape index (κ2) is 7.89. The zero-order valence-electron chi connectivity index (χ0n) is 13.1. The Morgan fingerprint density at radius 1 is 1.50 bits per heavy atom. The Morgan fingerprint density at radius 3 is 2.67 bits per heavy atom. The number of sulfone groups is 1. The highest BCUT2D eigenvalue weighted by Gasteiger charge is 2.37. The molecule has 12 heteroatoms. The first kappa shape index (κ1) is 21.0. The highest BCUT2D eigenvalue weighted by Crippen LogP contribution is 2.30. The number of aromatic nitrogens is 2. The van der Waals surface area contributed by atoms with Crippen LogP contribution in [-0.4, -0.2) is 48.8 Å². The highest BCUT2D eigenvalue weighted by molar-refractivity contribution is 14.0. The Bertz CT molecular complexity index is 702. The zero-order valence-corrected chi connectivity index (χ0v) is 16.2. The normalized spacial score (nSPS) is 20.5. The van der Waals surface area contributed by atoms with Crippen LogP contribution in [0, 0.1) is 0 Å². The van der Waals surface area contributed by atoms with Crippen LogP contribution in [0.2, 0.25) is 0 Å². The van der Waals surface area contributed by atoms with Crippen molar-refractivity contribution < 1.29 is 21.6 Å². The molecule has 138 valence electrons. The van der Waals surface area contributed by atoms with Gasteiger partial charge in [0.05, 0.1) is 11.5 Å². The molecule has 1 atom stereocenters. The molecule has 2 N–H and O–H groups in total. The Hall–Kier alpha value is -1.05. The fourth-order valence-corrected chi connectivity index (χ4v) is 4.05. The third kappa shape index (κ3) is 5.50. The maximum Gasteiger partial charge on any atom is 0.435 e. The zero-order chi connectivity index (χ0) is 17.3. The fraction of sp³-hybridized carbons (Fsp3) is 0.667. The van der Waals surface area contributed by atoms with E-state index in [1.165, 1.54) is 20.3 Å². The summed E-state index contributed by atoms with van der Waals surface area (Å²) in [6, 6.07) is -0.290. The molecule has 0 saturated carbocycles. The number of aliphatic imine (C=N–C) groups is 1. The van der Waals surface area contributed by atoms with Gasteiger partial charge in [-0.3, -0.25) is 9.67 Å². The molecule has 24 heavy (non-hydrogen) atoms. The molecule has 1 fully saturated rings. The summed E-state index contributed by atoms with van der Waals surface area (Å²) in [5, 5.41) is 9.08. The molecule has 0 amide bonds. The van der Waals surface area contributed by atoms with Crippen LogP contribution in [0.5, 0.6) is 0 Å². The van der Waals surface area contributed by atoms with Crippen molar-refractivity contribution in [2.24, 2.45) is 12.0 Å². The molecule has 0 spiro atoms. The van der Waals surface area contributed by atoms with Gasteiger partial charge in [0.25, 0.3) is 0 Å². The van der Waals surface area contributed by atoms with E-state index in [2.05, 4.69) is 20.7 Å². The van der Waals surface area contributed by atoms with Crippen LogP contribution in [-0.2, 0) is 29.6 Å². The van der Waals surface area contributed by atoms with Gasteiger partial charge in [0.15, 0.2) is 21.5 Å². The largest absolute Gasteiger partial charge is 0.435 e. The number of aryl methyl sites for hydroxylation is 1. The van der Waals surface area contributed by atoms with E-state index < -0.39 is 21.7 Å². The molecule has 1 aliphatic rings. The third-order valence-corrected chi connectivity index (χ3v) is 5.18. The minimum absolute atomic E-state index is 0. The Kier molecular flexibility index (Phi) is 6.90. The summed E-state index contributed by atoms with van der Waals surface area (Å²) in [6.07, 6.45) is -2.80. The monoisotopic (exact) mass is 481 g/mol. The Labute approximate surface area is 155 Å². The lowest BCUT2D eigenvalue weighted by Gasteiger charge is -2.16. The molecule has 1 aromatic heterocycles. The molecule has 1 unspecified atom stereocenters. The van der Waals surface area contributed by atoms with Crippen molar-refractivity contribution in [2.45, 2.75) is 25.2 Å². The summed E-state index contributed by atoms with van der Waals surface area (Å²) in [7, 11) is -0.170. The maximum absolute atomic E-state index is 12.9. The molecule has 7 nitrogen and oxygen atoms in total. The van der Waals surface area contributed by atoms with Gasteiger partial charge in [-0.15, -0.1) is 24.0 Å². The standard InChI is InChI=1S/C12H18F3N5O2S.HI/c1-16-11(18-9-3-4-23(21,22)7-9)17-5-8-6-20(2)19-10(8)12(13,14)15;/h6,9H,3-5,7H2,1-2H3,(H2,16,17,18);1H. The van der Waals surface area contributed by atoms with Crippen molar-refractivity contribution in [3.05, 3.63) is 17.5 Å². The predicted octanol–water partition coefficient (Wildman–Crippen LogP) is 0.909. The van der Waals surface area contributed by atoms with Crippen LogP contribution >= 0.6 is 24.0 Å². The molecular weight excluding hydrogens is 462 g/mol. The molecular formula is C12H19F3IN5O2S. The summed E-state index contributed by atoms with van der Waals surface area (Å²) in [4.78, 5) is 3.90. The van der Waals surface area contributed by atoms with Gasteiger partial charge in [-0.2, -0.15) is 18.3 Å². The highest BCUT2D eigenvalue weighted by atomic mass is 127. The molecule has 0 aliphatic carbocycles. The second-order valence-electron chi connectivity index (χ2n) is 5.34. The van der Waals surface area contributed by atoms with E-state index in [1.807, 2.05) is 0 Å². The van der Waals surface area contributed by atoms with Gasteiger partial charge >= 0.3 is 6.18 Å². The molecule has 1 aromatic rings. The summed E-state index contributed by atoms with van der Waals surface area (Å²) < 4.78 is 62.5. The predicted molar refractivity (Wildman–Crippen MR) is 94.0 cm³/mol. The number of nitrogens with zero attached hydrogens (tertiary/aromatic N) is 3. The van der Waals surface area contributed by atoms with E-state index in [0.717, 1.165) is 4.68 Å². The number of guanidine groups is 1. The fourth-order valence-electron chi connectivity index (χ4n) is 2.38. The second-order valence-corrected chi connectivity index (χ2v) is 7.57. The van der Waals surface area contributed by atoms with Crippen molar-refractivity contribution in [1.29, 1.82) is 0 Å². The molecule has 2 heterocycles. The number of hydrogen-bond acceptors (Lipinski definition) is 4. The van der Waals surface area contributed by atoms with Gasteiger partial charge in [0, 0.05) is 38.4 Å². The van der Waals surface area contributed by atoms with E-state index in [4.69, 9.17) is 0 Å². The van der Waals surface area contributed by atoms with E-state index in [0.29, 0.717) is 6.42 Å². The molecule has 0 bridgehead atoms. The number of nitrogens with one attached hydrogen (secondary N) is 2. The van der Waals surface area contributed by atoms with Crippen molar-refractivity contribution >= 4 is 39.8 Å². The van der Waals surface area contributed by atoms with Crippen LogP contribution in [0.15, 0.2) is 11.2 Å². The summed E-state index contributed by atoms with van der Waals surface area (Å²) in [5.74, 6) is 0.348. The average Bonchev–Trinajstić information content (AvgIpc) is 2.96. The first-order chi connectivity index (χ1) is 10.6. The smallest absolute Gasteiger partial charge is 0.353 e. The molecule has 2 rings (SSSR count). The molecule has 1 saturated heterocycles. The Balaban J connectivity index is 0.00000288. The lowest BCUT2D eigenvalue weighted by molar-refractivity contribution is -0.142. The van der Waals surface area contributed by atoms with E-state index in [-0.39, 0.29) is 59.6 Å². The number of alkyl halides is 3. The average molecular weight is 481 g/mol. The van der Waals surface area contributed by atoms with Crippen LogP contribution in [0.3, 0.4) is 0 Å². The van der Waals surface area contributed by atoms with Crippen LogP contribution in [0.25, 0.3) is 0 Å². The first-order valence-electron chi connectivity index (χ1n) is 6.88. The van der Waals surface area contributed by atoms with Crippen molar-refractivity contribution in [3.63, 3.8) is 0 Å². The maximum atomic E-state index is 12.9. The molecule has 1 aliphatic heterocycles. The molecule has 0 radical (unpaired) electrons. The van der Waals surface area contributed by atoms with Gasteiger partial charge in [0.1, 0.15) is 0 Å². The minimum atomic E-state index is -4.53. The topological polar surface area (TPSA) is 88.4 Å². The number of rotatable bonds is 3. The van der Waals surface area contributed by atoms with Gasteiger partial charge in [0.2, 0.25) is 0 Å². The van der Waals surface area contributed by atoms with E-state index in [1.54, 1.807) is 0 Å². The minimum Gasteiger partial charge on any atom is -0.353 e. The lowest BCUT2D eigenvalue weighted by Crippen LogP contribution is -2.43. The van der Waals surface area contributed by atoms with Crippen molar-refractivity contribution in [3.8, 4) is 0 Å². The SMILES string of the molecule is CN=C(NCc1cn(C)nc1C(F)(F)F)NC1CCS(=O)(=O)C1.I. The van der Waals surface area contributed by atoms with Crippen LogP contribution in [0.1, 0.15) is 17.7 Å². The third-order valence-electron chi connectivity index (χ3n) is 3.42. The lowest BCUT2D eigenvalue weighted by atomic mass is 10.2. The Morgan fingerprint density at radius 2 is 2.17 bits per heavy atom. The summed E-state index contributed by atoms with van der Waals surface area (Å²) in [5.41, 5.74) is -0.964. The van der Waals surface area contributed by atoms with Gasteiger partial charge in [-0.05, 0) is 6.42 Å². The van der Waals surface area contributed by atoms with Crippen LogP contribution in [0.4, 0.5) is 13.2 Å². The van der Waals surface area contributed by atoms with Gasteiger partial charge in [-0.25, -0.2) is 8.42 Å². The summed E-state index contributed by atoms with van der Waals surface area (Å²) >= 11 is 0. The van der Waals surface area contributed by atoms with E-state index in [9.17, 15) is 21.6 Å². The van der Waals surface area contributed by atoms with E-state index >= 15 is 0 Å². The van der Waals surface area contributed by atoms with Crippen LogP contribution < -0.4 is 10.6 Å². The number of hydrogen-bond donors (Lipinski definition) is 2. The van der Waals surface area contributed by atoms with Crippen molar-refractivity contribution in [1.82, 2.24) is 20.4 Å². The van der Waals surface area contributed by atoms with Gasteiger partial charge in [-0.1, -0.05) is 0 Å². The van der Waals surface area contributed by atoms with Gasteiger partial charge < -0.3 is 10.6 Å². The quantitative estimate of drug-likeness (QED) is 0.381. The first-order valence-corrected chi connectivity index (χ1v) is 8.70. The molecule has 0 aromatic carbocycles.